The van der Waals surface area contributed by atoms with Crippen molar-refractivity contribution in [3.8, 4) is 0 Å². The summed E-state index contributed by atoms with van der Waals surface area (Å²) < 4.78 is 0. The van der Waals surface area contributed by atoms with Crippen LogP contribution in [0.25, 0.3) is 0 Å². The fourth-order valence-corrected chi connectivity index (χ4v) is 2.48. The van der Waals surface area contributed by atoms with Gasteiger partial charge in [0.05, 0.1) is 0 Å². The lowest BCUT2D eigenvalue weighted by Gasteiger charge is -2.34. The van der Waals surface area contributed by atoms with Crippen LogP contribution in [0.1, 0.15) is 11.1 Å². The van der Waals surface area contributed by atoms with Crippen molar-refractivity contribution in [2.24, 2.45) is 0 Å². The van der Waals surface area contributed by atoms with Gasteiger partial charge in [0.25, 0.3) is 0 Å². The normalized spacial score (nSPS) is 18.5. The molecule has 0 unspecified atom stereocenters. The zero-order valence-corrected chi connectivity index (χ0v) is 11.3. The van der Waals surface area contributed by atoms with Crippen molar-refractivity contribution < 1.29 is 0 Å². The fourth-order valence-electron chi connectivity index (χ4n) is 2.24. The number of piperazine rings is 1. The lowest BCUT2D eigenvalue weighted by molar-refractivity contribution is 0.132. The maximum atomic E-state index is 5.76. The van der Waals surface area contributed by atoms with E-state index in [2.05, 4.69) is 41.0 Å². The van der Waals surface area contributed by atoms with E-state index in [9.17, 15) is 0 Å². The largest absolute Gasteiger partial charge is 0.300 e. The van der Waals surface area contributed by atoms with Gasteiger partial charge < -0.3 is 0 Å². The number of alkyl halides is 1. The number of hydrogen-bond acceptors (Lipinski definition) is 2. The van der Waals surface area contributed by atoms with E-state index in [0.29, 0.717) is 0 Å². The highest BCUT2D eigenvalue weighted by Gasteiger charge is 2.15. The summed E-state index contributed by atoms with van der Waals surface area (Å²) in [7, 11) is 0. The minimum Gasteiger partial charge on any atom is -0.300 e. The van der Waals surface area contributed by atoms with Crippen LogP contribution in [0, 0.1) is 6.92 Å². The van der Waals surface area contributed by atoms with Gasteiger partial charge in [0.15, 0.2) is 0 Å². The smallest absolute Gasteiger partial charge is 0.0351 e. The van der Waals surface area contributed by atoms with E-state index in [1.54, 1.807) is 0 Å². The highest BCUT2D eigenvalue weighted by molar-refractivity contribution is 6.18. The molecule has 0 radical (unpaired) electrons. The van der Waals surface area contributed by atoms with Crippen molar-refractivity contribution >= 4 is 11.6 Å². The molecular weight excluding hydrogens is 232 g/mol. The SMILES string of the molecule is Cc1ccc(CN2CCN(CCCl)CC2)cc1. The molecule has 2 nitrogen and oxygen atoms in total. The summed E-state index contributed by atoms with van der Waals surface area (Å²) >= 11 is 5.76. The number of nitrogens with zero attached hydrogens (tertiary/aromatic N) is 2. The quantitative estimate of drug-likeness (QED) is 0.759. The Labute approximate surface area is 109 Å². The van der Waals surface area contributed by atoms with Gasteiger partial charge in [-0.3, -0.25) is 9.80 Å². The highest BCUT2D eigenvalue weighted by Crippen LogP contribution is 2.09. The Bertz CT molecular complexity index is 329. The summed E-state index contributed by atoms with van der Waals surface area (Å²) in [6.07, 6.45) is 0. The lowest BCUT2D eigenvalue weighted by Crippen LogP contribution is -2.46. The Balaban J connectivity index is 1.79. The van der Waals surface area contributed by atoms with Gasteiger partial charge >= 0.3 is 0 Å². The third-order valence-electron chi connectivity index (χ3n) is 3.39. The molecule has 0 amide bonds. The Kier molecular flexibility index (Phi) is 4.84. The molecule has 0 aromatic heterocycles. The fraction of sp³-hybridized carbons (Fsp3) is 0.571. The lowest BCUT2D eigenvalue weighted by atomic mass is 10.1. The monoisotopic (exact) mass is 252 g/mol. The molecule has 1 aromatic rings. The molecule has 0 spiro atoms. The molecule has 1 aliphatic rings. The minimum atomic E-state index is 0.748. The van der Waals surface area contributed by atoms with Crippen LogP contribution < -0.4 is 0 Å². The predicted octanol–water partition coefficient (Wildman–Crippen LogP) is 2.35. The van der Waals surface area contributed by atoms with Gasteiger partial charge in [0.1, 0.15) is 0 Å². The average Bonchev–Trinajstić information content (AvgIpc) is 2.35. The van der Waals surface area contributed by atoms with Crippen LogP contribution in [0.15, 0.2) is 24.3 Å². The van der Waals surface area contributed by atoms with E-state index in [0.717, 1.165) is 45.1 Å². The molecule has 1 fully saturated rings. The zero-order valence-electron chi connectivity index (χ0n) is 10.5. The maximum absolute atomic E-state index is 5.76. The van der Waals surface area contributed by atoms with E-state index in [1.807, 2.05) is 0 Å². The highest BCUT2D eigenvalue weighted by atomic mass is 35.5. The second kappa shape index (κ2) is 6.39. The molecule has 0 aliphatic carbocycles. The Hall–Kier alpha value is -0.570. The molecule has 94 valence electrons. The summed E-state index contributed by atoms with van der Waals surface area (Å²) in [5.74, 6) is 0.748. The molecule has 0 bridgehead atoms. The van der Waals surface area contributed by atoms with Gasteiger partial charge in [0.2, 0.25) is 0 Å². The van der Waals surface area contributed by atoms with Gasteiger partial charge in [-0.2, -0.15) is 0 Å². The maximum Gasteiger partial charge on any atom is 0.0351 e. The van der Waals surface area contributed by atoms with Crippen LogP contribution in [0.2, 0.25) is 0 Å². The first-order valence-electron chi connectivity index (χ1n) is 6.34. The molecule has 0 N–H and O–H groups in total. The van der Waals surface area contributed by atoms with Crippen LogP contribution in [-0.4, -0.2) is 48.4 Å². The summed E-state index contributed by atoms with van der Waals surface area (Å²) in [4.78, 5) is 4.97. The van der Waals surface area contributed by atoms with Crippen molar-refractivity contribution in [2.45, 2.75) is 13.5 Å². The Morgan fingerprint density at radius 2 is 1.59 bits per heavy atom. The van der Waals surface area contributed by atoms with E-state index in [-0.39, 0.29) is 0 Å². The molecule has 1 aromatic carbocycles. The van der Waals surface area contributed by atoms with Crippen molar-refractivity contribution in [1.29, 1.82) is 0 Å². The summed E-state index contributed by atoms with van der Waals surface area (Å²) in [5, 5.41) is 0. The summed E-state index contributed by atoms with van der Waals surface area (Å²) in [6.45, 7) is 8.86. The molecule has 1 aliphatic heterocycles. The second-order valence-electron chi connectivity index (χ2n) is 4.79. The van der Waals surface area contributed by atoms with Crippen LogP contribution in [0.3, 0.4) is 0 Å². The first-order valence-corrected chi connectivity index (χ1v) is 6.87. The third kappa shape index (κ3) is 3.98. The zero-order chi connectivity index (χ0) is 12.1. The van der Waals surface area contributed by atoms with Gasteiger partial charge in [-0.15, -0.1) is 11.6 Å². The van der Waals surface area contributed by atoms with E-state index in [4.69, 9.17) is 11.6 Å². The van der Waals surface area contributed by atoms with Gasteiger partial charge in [-0.25, -0.2) is 0 Å². The van der Waals surface area contributed by atoms with Crippen LogP contribution in [-0.2, 0) is 6.54 Å². The summed E-state index contributed by atoms with van der Waals surface area (Å²) in [5.41, 5.74) is 2.75. The van der Waals surface area contributed by atoms with E-state index < -0.39 is 0 Å². The third-order valence-corrected chi connectivity index (χ3v) is 3.56. The molecule has 2 rings (SSSR count). The van der Waals surface area contributed by atoms with Crippen molar-refractivity contribution in [3.05, 3.63) is 35.4 Å². The predicted molar refractivity (Wildman–Crippen MR) is 73.6 cm³/mol. The summed E-state index contributed by atoms with van der Waals surface area (Å²) in [6, 6.07) is 8.86. The molecule has 17 heavy (non-hydrogen) atoms. The minimum absolute atomic E-state index is 0.748. The van der Waals surface area contributed by atoms with Crippen LogP contribution in [0.5, 0.6) is 0 Å². The standard InChI is InChI=1S/C14H21ClN2/c1-13-2-4-14(5-3-13)12-17-10-8-16(7-6-15)9-11-17/h2-5H,6-12H2,1H3. The van der Waals surface area contributed by atoms with Crippen LogP contribution >= 0.6 is 11.6 Å². The van der Waals surface area contributed by atoms with Gasteiger partial charge in [-0.1, -0.05) is 29.8 Å². The Morgan fingerprint density at radius 1 is 1.00 bits per heavy atom. The number of aryl methyl sites for hydroxylation is 1. The molecule has 3 heteroatoms. The first kappa shape index (κ1) is 12.9. The van der Waals surface area contributed by atoms with Crippen molar-refractivity contribution in [2.75, 3.05) is 38.6 Å². The Morgan fingerprint density at radius 3 is 2.18 bits per heavy atom. The molecular formula is C14H21ClN2. The molecule has 1 saturated heterocycles. The topological polar surface area (TPSA) is 6.48 Å². The number of halogens is 1. The van der Waals surface area contributed by atoms with Crippen LogP contribution in [0.4, 0.5) is 0 Å². The number of benzene rings is 1. The second-order valence-corrected chi connectivity index (χ2v) is 5.17. The molecule has 0 saturated carbocycles. The van der Waals surface area contributed by atoms with Crippen molar-refractivity contribution in [3.63, 3.8) is 0 Å². The number of rotatable bonds is 4. The van der Waals surface area contributed by atoms with Crippen molar-refractivity contribution in [1.82, 2.24) is 9.80 Å². The number of hydrogen-bond donors (Lipinski definition) is 0. The van der Waals surface area contributed by atoms with Gasteiger partial charge in [0, 0.05) is 45.1 Å². The van der Waals surface area contributed by atoms with E-state index >= 15 is 0 Å². The van der Waals surface area contributed by atoms with E-state index in [1.165, 1.54) is 11.1 Å². The average molecular weight is 253 g/mol. The van der Waals surface area contributed by atoms with Gasteiger partial charge in [-0.05, 0) is 12.5 Å². The molecule has 0 atom stereocenters. The molecule has 1 heterocycles. The first-order chi connectivity index (χ1) is 8.28.